The van der Waals surface area contributed by atoms with Crippen molar-refractivity contribution >= 4 is 22.6 Å². The van der Waals surface area contributed by atoms with Gasteiger partial charge in [0.1, 0.15) is 0 Å². The van der Waals surface area contributed by atoms with Crippen molar-refractivity contribution in [1.82, 2.24) is 0 Å². The summed E-state index contributed by atoms with van der Waals surface area (Å²) in [4.78, 5) is 0. The Bertz CT molecular complexity index is 322. The molecule has 1 aromatic rings. The topological polar surface area (TPSA) is 0 Å². The van der Waals surface area contributed by atoms with Gasteiger partial charge in [-0.3, -0.25) is 0 Å². The highest BCUT2D eigenvalue weighted by Crippen LogP contribution is 2.16. The van der Waals surface area contributed by atoms with Gasteiger partial charge in [-0.1, -0.05) is 72.0 Å². The van der Waals surface area contributed by atoms with Gasteiger partial charge in [0.25, 0.3) is 0 Å². The molecule has 0 fully saturated rings. The summed E-state index contributed by atoms with van der Waals surface area (Å²) in [7, 11) is 0. The lowest BCUT2D eigenvalue weighted by atomic mass is 10.0. The van der Waals surface area contributed by atoms with Crippen LogP contribution in [0.1, 0.15) is 25.3 Å². The fourth-order valence-corrected chi connectivity index (χ4v) is 1.41. The standard InChI is InChI=1S/C13H15I/c1-11(10-14)8-9-12(2)13-6-4-3-5-7-13/h3-10,12H,1-2H3/b9-8-,11-10-/t12-/m0/s1. The van der Waals surface area contributed by atoms with Gasteiger partial charge >= 0.3 is 0 Å². The zero-order chi connectivity index (χ0) is 10.4. The predicted octanol–water partition coefficient (Wildman–Crippen LogP) is 4.69. The lowest BCUT2D eigenvalue weighted by Gasteiger charge is -2.05. The summed E-state index contributed by atoms with van der Waals surface area (Å²) in [5, 5.41) is 0. The van der Waals surface area contributed by atoms with E-state index >= 15 is 0 Å². The van der Waals surface area contributed by atoms with E-state index in [1.54, 1.807) is 0 Å². The van der Waals surface area contributed by atoms with Crippen molar-refractivity contribution in [3.63, 3.8) is 0 Å². The molecule has 1 rings (SSSR count). The van der Waals surface area contributed by atoms with Crippen LogP contribution in [-0.2, 0) is 0 Å². The molecule has 0 aliphatic carbocycles. The van der Waals surface area contributed by atoms with E-state index < -0.39 is 0 Å². The third-order valence-electron chi connectivity index (χ3n) is 2.15. The Kier molecular flexibility index (Phi) is 4.94. The van der Waals surface area contributed by atoms with Crippen LogP contribution in [0.4, 0.5) is 0 Å². The highest BCUT2D eigenvalue weighted by Gasteiger charge is 1.98. The average molecular weight is 298 g/mol. The van der Waals surface area contributed by atoms with Crippen molar-refractivity contribution in [2.45, 2.75) is 19.8 Å². The number of hydrogen-bond donors (Lipinski definition) is 0. The Labute approximate surface area is 99.9 Å². The molecule has 0 radical (unpaired) electrons. The van der Waals surface area contributed by atoms with Crippen molar-refractivity contribution < 1.29 is 0 Å². The molecule has 0 saturated heterocycles. The first kappa shape index (κ1) is 11.5. The van der Waals surface area contributed by atoms with Crippen molar-refractivity contribution in [3.05, 3.63) is 57.7 Å². The first-order valence-corrected chi connectivity index (χ1v) is 5.98. The maximum absolute atomic E-state index is 2.26. The summed E-state index contributed by atoms with van der Waals surface area (Å²) in [6, 6.07) is 10.5. The number of allylic oxidation sites excluding steroid dienone is 3. The molecule has 0 aliphatic heterocycles. The van der Waals surface area contributed by atoms with Gasteiger partial charge in [-0.25, -0.2) is 0 Å². The summed E-state index contributed by atoms with van der Waals surface area (Å²) in [5.41, 5.74) is 2.67. The van der Waals surface area contributed by atoms with Gasteiger partial charge in [-0.2, -0.15) is 0 Å². The maximum atomic E-state index is 2.26. The van der Waals surface area contributed by atoms with Gasteiger partial charge < -0.3 is 0 Å². The smallest absolute Gasteiger partial charge is 0.000722 e. The summed E-state index contributed by atoms with van der Waals surface area (Å²) in [6.07, 6.45) is 4.41. The fraction of sp³-hybridized carbons (Fsp3) is 0.231. The van der Waals surface area contributed by atoms with E-state index in [4.69, 9.17) is 0 Å². The molecule has 1 aromatic carbocycles. The van der Waals surface area contributed by atoms with Gasteiger partial charge in [0, 0.05) is 0 Å². The van der Waals surface area contributed by atoms with Crippen LogP contribution < -0.4 is 0 Å². The second kappa shape index (κ2) is 6.02. The minimum Gasteiger partial charge on any atom is -0.0770 e. The number of benzene rings is 1. The van der Waals surface area contributed by atoms with Crippen LogP contribution in [0.15, 0.2) is 52.1 Å². The van der Waals surface area contributed by atoms with E-state index in [-0.39, 0.29) is 0 Å². The Morgan fingerprint density at radius 1 is 1.29 bits per heavy atom. The molecular formula is C13H15I. The van der Waals surface area contributed by atoms with Crippen LogP contribution in [0.3, 0.4) is 0 Å². The molecule has 0 heterocycles. The second-order valence-corrected chi connectivity index (χ2v) is 4.03. The van der Waals surface area contributed by atoms with Gasteiger partial charge in [0.2, 0.25) is 0 Å². The largest absolute Gasteiger partial charge is 0.0770 e. The molecule has 0 bridgehead atoms. The Balaban J connectivity index is 2.68. The predicted molar refractivity (Wildman–Crippen MR) is 71.8 cm³/mol. The molecule has 0 aliphatic rings. The highest BCUT2D eigenvalue weighted by molar-refractivity contribution is 14.1. The molecule has 74 valence electrons. The molecule has 0 amide bonds. The molecule has 0 unspecified atom stereocenters. The minimum absolute atomic E-state index is 0.488. The second-order valence-electron chi connectivity index (χ2n) is 3.41. The lowest BCUT2D eigenvalue weighted by molar-refractivity contribution is 0.966. The van der Waals surface area contributed by atoms with E-state index in [9.17, 15) is 0 Å². The van der Waals surface area contributed by atoms with E-state index in [0.29, 0.717) is 5.92 Å². The Morgan fingerprint density at radius 2 is 1.93 bits per heavy atom. The van der Waals surface area contributed by atoms with Crippen LogP contribution in [0.5, 0.6) is 0 Å². The monoisotopic (exact) mass is 298 g/mol. The van der Waals surface area contributed by atoms with Crippen LogP contribution in [-0.4, -0.2) is 0 Å². The quantitative estimate of drug-likeness (QED) is 0.561. The SMILES string of the molecule is CC(/C=C\[C@H](C)c1ccccc1)=C/I. The van der Waals surface area contributed by atoms with Crippen molar-refractivity contribution in [2.24, 2.45) is 0 Å². The van der Waals surface area contributed by atoms with Crippen molar-refractivity contribution in [1.29, 1.82) is 0 Å². The highest BCUT2D eigenvalue weighted by atomic mass is 127. The molecule has 0 aromatic heterocycles. The third-order valence-corrected chi connectivity index (χ3v) is 3.13. The molecule has 1 heteroatoms. The summed E-state index contributed by atoms with van der Waals surface area (Å²) in [5.74, 6) is 0.488. The summed E-state index contributed by atoms with van der Waals surface area (Å²) in [6.45, 7) is 4.33. The van der Waals surface area contributed by atoms with Crippen LogP contribution in [0, 0.1) is 0 Å². The van der Waals surface area contributed by atoms with E-state index in [0.717, 1.165) is 0 Å². The normalized spacial score (nSPS) is 14.6. The Morgan fingerprint density at radius 3 is 2.50 bits per heavy atom. The molecule has 14 heavy (non-hydrogen) atoms. The molecular weight excluding hydrogens is 283 g/mol. The third kappa shape index (κ3) is 3.66. The first-order chi connectivity index (χ1) is 6.74. The molecule has 0 saturated carbocycles. The van der Waals surface area contributed by atoms with Gasteiger partial charge in [-0.15, -0.1) is 0 Å². The molecule has 0 spiro atoms. The van der Waals surface area contributed by atoms with Crippen LogP contribution >= 0.6 is 22.6 Å². The van der Waals surface area contributed by atoms with Gasteiger partial charge in [-0.05, 0) is 28.1 Å². The first-order valence-electron chi connectivity index (χ1n) is 4.74. The molecule has 0 nitrogen and oxygen atoms in total. The van der Waals surface area contributed by atoms with Crippen LogP contribution in [0.25, 0.3) is 0 Å². The Hall–Kier alpha value is -0.570. The van der Waals surface area contributed by atoms with E-state index in [1.807, 2.05) is 0 Å². The average Bonchev–Trinajstić information content (AvgIpc) is 2.26. The summed E-state index contributed by atoms with van der Waals surface area (Å²) < 4.78 is 2.09. The van der Waals surface area contributed by atoms with Crippen molar-refractivity contribution in [3.8, 4) is 0 Å². The van der Waals surface area contributed by atoms with E-state index in [2.05, 4.69) is 83.0 Å². The van der Waals surface area contributed by atoms with E-state index in [1.165, 1.54) is 11.1 Å². The van der Waals surface area contributed by atoms with Crippen LogP contribution in [0.2, 0.25) is 0 Å². The molecule has 0 N–H and O–H groups in total. The summed E-state index contributed by atoms with van der Waals surface area (Å²) >= 11 is 2.26. The van der Waals surface area contributed by atoms with Gasteiger partial charge in [0.05, 0.1) is 0 Å². The zero-order valence-electron chi connectivity index (χ0n) is 8.57. The minimum atomic E-state index is 0.488. The fourth-order valence-electron chi connectivity index (χ4n) is 1.20. The number of rotatable bonds is 3. The molecule has 1 atom stereocenters. The number of halogens is 1. The lowest BCUT2D eigenvalue weighted by Crippen LogP contribution is -1.87. The number of hydrogen-bond acceptors (Lipinski definition) is 0. The zero-order valence-corrected chi connectivity index (χ0v) is 10.7. The van der Waals surface area contributed by atoms with Gasteiger partial charge in [0.15, 0.2) is 0 Å². The maximum Gasteiger partial charge on any atom is -0.000722 e. The van der Waals surface area contributed by atoms with Crippen molar-refractivity contribution in [2.75, 3.05) is 0 Å².